The molecule has 2 nitrogen and oxygen atoms in total. The summed E-state index contributed by atoms with van der Waals surface area (Å²) in [6, 6.07) is 0. The Morgan fingerprint density at radius 2 is 2.42 bits per heavy atom. The zero-order chi connectivity index (χ0) is 8.97. The second kappa shape index (κ2) is 3.97. The van der Waals surface area contributed by atoms with Gasteiger partial charge in [-0.2, -0.15) is 0 Å². The number of amides is 1. The molecule has 1 amide bonds. The van der Waals surface area contributed by atoms with Gasteiger partial charge in [-0.05, 0) is 17.7 Å². The summed E-state index contributed by atoms with van der Waals surface area (Å²) in [5.41, 5.74) is 5.86. The van der Waals surface area contributed by atoms with Crippen molar-refractivity contribution >= 4 is 23.0 Å². The predicted molar refractivity (Wildman–Crippen MR) is 52.8 cm³/mol. The van der Waals surface area contributed by atoms with E-state index in [4.69, 9.17) is 18.0 Å². The Hall–Kier alpha value is -1.22. The average molecular weight is 179 g/mol. The van der Waals surface area contributed by atoms with E-state index in [0.29, 0.717) is 0 Å². The van der Waals surface area contributed by atoms with Crippen LogP contribution in [-0.4, -0.2) is 10.8 Å². The van der Waals surface area contributed by atoms with E-state index in [1.165, 1.54) is 6.08 Å². The number of rotatable bonds is 2. The van der Waals surface area contributed by atoms with Crippen molar-refractivity contribution in [1.82, 2.24) is 0 Å². The van der Waals surface area contributed by atoms with Crippen molar-refractivity contribution in [3.8, 4) is 0 Å². The van der Waals surface area contributed by atoms with Crippen LogP contribution < -0.4 is 5.73 Å². The Labute approximate surface area is 76.4 Å². The van der Waals surface area contributed by atoms with Crippen molar-refractivity contribution in [3.63, 3.8) is 0 Å². The van der Waals surface area contributed by atoms with Crippen LogP contribution >= 0.6 is 12.2 Å². The number of thiocarbonyl (C=S) groups is 1. The van der Waals surface area contributed by atoms with Crippen molar-refractivity contribution in [1.29, 1.82) is 0 Å². The minimum Gasteiger partial charge on any atom is -0.366 e. The Kier molecular flexibility index (Phi) is 2.94. The lowest BCUT2D eigenvalue weighted by Gasteiger charge is -2.01. The van der Waals surface area contributed by atoms with E-state index < -0.39 is 5.91 Å². The fraction of sp³-hybridized carbons (Fsp3) is 0.111. The van der Waals surface area contributed by atoms with Gasteiger partial charge in [0.05, 0.1) is 0 Å². The zero-order valence-electron chi connectivity index (χ0n) is 6.49. The van der Waals surface area contributed by atoms with Crippen LogP contribution in [0, 0.1) is 0 Å². The molecule has 2 N–H and O–H groups in total. The number of allylic oxidation sites excluding steroid dienone is 5. The molecule has 0 saturated carbocycles. The van der Waals surface area contributed by atoms with Gasteiger partial charge in [0, 0.05) is 17.4 Å². The maximum absolute atomic E-state index is 10.4. The van der Waals surface area contributed by atoms with Crippen molar-refractivity contribution < 1.29 is 4.79 Å². The van der Waals surface area contributed by atoms with Gasteiger partial charge in [-0.3, -0.25) is 4.79 Å². The summed E-state index contributed by atoms with van der Waals surface area (Å²) in [6.07, 6.45) is 9.52. The summed E-state index contributed by atoms with van der Waals surface area (Å²) >= 11 is 4.98. The summed E-state index contributed by atoms with van der Waals surface area (Å²) in [5, 5.41) is 0. The SMILES string of the molecule is NC(=O)C=CC1=CC(=S)CC=C1. The van der Waals surface area contributed by atoms with Crippen molar-refractivity contribution in [3.05, 3.63) is 36.0 Å². The molecular formula is C9H9NOS. The first kappa shape index (κ1) is 8.87. The van der Waals surface area contributed by atoms with Crippen LogP contribution in [0.4, 0.5) is 0 Å². The normalized spacial score (nSPS) is 16.7. The van der Waals surface area contributed by atoms with Crippen molar-refractivity contribution in [2.45, 2.75) is 6.42 Å². The first-order valence-electron chi connectivity index (χ1n) is 3.57. The van der Waals surface area contributed by atoms with Crippen LogP contribution in [0.5, 0.6) is 0 Å². The second-order valence-corrected chi connectivity index (χ2v) is 2.98. The molecule has 12 heavy (non-hydrogen) atoms. The highest BCUT2D eigenvalue weighted by molar-refractivity contribution is 7.80. The highest BCUT2D eigenvalue weighted by atomic mass is 32.1. The van der Waals surface area contributed by atoms with Crippen LogP contribution in [0.1, 0.15) is 6.42 Å². The molecule has 0 aromatic heterocycles. The second-order valence-electron chi connectivity index (χ2n) is 2.45. The van der Waals surface area contributed by atoms with E-state index in [-0.39, 0.29) is 0 Å². The highest BCUT2D eigenvalue weighted by Crippen LogP contribution is 2.08. The number of nitrogens with two attached hydrogens (primary N) is 1. The molecule has 1 aliphatic rings. The zero-order valence-corrected chi connectivity index (χ0v) is 7.30. The third-order valence-corrected chi connectivity index (χ3v) is 1.68. The first-order chi connectivity index (χ1) is 5.68. The van der Waals surface area contributed by atoms with Crippen LogP contribution in [0.2, 0.25) is 0 Å². The van der Waals surface area contributed by atoms with Crippen LogP contribution in [0.25, 0.3) is 0 Å². The summed E-state index contributed by atoms with van der Waals surface area (Å²) in [6.45, 7) is 0. The Bertz CT molecular complexity index is 300. The summed E-state index contributed by atoms with van der Waals surface area (Å²) in [4.78, 5) is 11.3. The van der Waals surface area contributed by atoms with E-state index in [2.05, 4.69) is 0 Å². The third kappa shape index (κ3) is 2.80. The van der Waals surface area contributed by atoms with Gasteiger partial charge in [0.15, 0.2) is 0 Å². The highest BCUT2D eigenvalue weighted by Gasteiger charge is 1.97. The van der Waals surface area contributed by atoms with Gasteiger partial charge < -0.3 is 5.73 Å². The minimum atomic E-state index is -0.444. The molecule has 0 aromatic carbocycles. The fourth-order valence-electron chi connectivity index (χ4n) is 0.886. The molecule has 0 spiro atoms. The molecule has 0 atom stereocenters. The molecular weight excluding hydrogens is 170 g/mol. The number of hydrogen-bond donors (Lipinski definition) is 1. The lowest BCUT2D eigenvalue weighted by atomic mass is 10.1. The lowest BCUT2D eigenvalue weighted by Crippen LogP contribution is -2.05. The molecule has 0 saturated heterocycles. The largest absolute Gasteiger partial charge is 0.366 e. The van der Waals surface area contributed by atoms with E-state index in [0.717, 1.165) is 16.9 Å². The van der Waals surface area contributed by atoms with Crippen LogP contribution in [0.15, 0.2) is 36.0 Å². The summed E-state index contributed by atoms with van der Waals surface area (Å²) in [7, 11) is 0. The van der Waals surface area contributed by atoms with Gasteiger partial charge in [0.2, 0.25) is 5.91 Å². The first-order valence-corrected chi connectivity index (χ1v) is 3.98. The van der Waals surface area contributed by atoms with Crippen LogP contribution in [0.3, 0.4) is 0 Å². The Morgan fingerprint density at radius 3 is 3.00 bits per heavy atom. The van der Waals surface area contributed by atoms with Gasteiger partial charge in [0.25, 0.3) is 0 Å². The average Bonchev–Trinajstić information content (AvgIpc) is 2.01. The van der Waals surface area contributed by atoms with Crippen LogP contribution in [-0.2, 0) is 4.79 Å². The molecule has 0 heterocycles. The molecule has 0 radical (unpaired) electrons. The predicted octanol–water partition coefficient (Wildman–Crippen LogP) is 1.28. The summed E-state index contributed by atoms with van der Waals surface area (Å²) < 4.78 is 0. The molecule has 1 rings (SSSR count). The lowest BCUT2D eigenvalue weighted by molar-refractivity contribution is -0.113. The standard InChI is InChI=1S/C9H9NOS/c10-9(11)5-4-7-2-1-3-8(12)6-7/h1-2,4-6H,3H2,(H2,10,11). The fourth-order valence-corrected chi connectivity index (χ4v) is 1.12. The minimum absolute atomic E-state index is 0.444. The molecule has 3 heteroatoms. The molecule has 0 unspecified atom stereocenters. The third-order valence-electron chi connectivity index (χ3n) is 1.40. The number of hydrogen-bond acceptors (Lipinski definition) is 2. The monoisotopic (exact) mass is 179 g/mol. The maximum Gasteiger partial charge on any atom is 0.241 e. The number of carbonyl (C=O) groups excluding carboxylic acids is 1. The molecule has 1 aliphatic carbocycles. The number of primary amides is 1. The molecule has 0 bridgehead atoms. The van der Waals surface area contributed by atoms with Gasteiger partial charge in [-0.1, -0.05) is 24.4 Å². The number of carbonyl (C=O) groups is 1. The van der Waals surface area contributed by atoms with E-state index in [1.54, 1.807) is 6.08 Å². The van der Waals surface area contributed by atoms with E-state index in [1.807, 2.05) is 18.2 Å². The summed E-state index contributed by atoms with van der Waals surface area (Å²) in [5.74, 6) is -0.444. The van der Waals surface area contributed by atoms with Gasteiger partial charge in [-0.15, -0.1) is 0 Å². The molecule has 0 aliphatic heterocycles. The van der Waals surface area contributed by atoms with Gasteiger partial charge in [0.1, 0.15) is 0 Å². The van der Waals surface area contributed by atoms with Crippen molar-refractivity contribution in [2.24, 2.45) is 5.73 Å². The topological polar surface area (TPSA) is 43.1 Å². The molecule has 0 aromatic rings. The van der Waals surface area contributed by atoms with Crippen molar-refractivity contribution in [2.75, 3.05) is 0 Å². The maximum atomic E-state index is 10.4. The Morgan fingerprint density at radius 1 is 1.67 bits per heavy atom. The van der Waals surface area contributed by atoms with Gasteiger partial charge in [-0.25, -0.2) is 0 Å². The smallest absolute Gasteiger partial charge is 0.241 e. The molecule has 62 valence electrons. The quantitative estimate of drug-likeness (QED) is 0.512. The van der Waals surface area contributed by atoms with Gasteiger partial charge >= 0.3 is 0 Å². The van der Waals surface area contributed by atoms with E-state index >= 15 is 0 Å². The van der Waals surface area contributed by atoms with E-state index in [9.17, 15) is 4.79 Å². The Balaban J connectivity index is 2.70. The molecule has 0 fully saturated rings.